The number of hydrogen-bond donors (Lipinski definition) is 3. The number of phosphoric ester groups is 3. The zero-order valence-electron chi connectivity index (χ0n) is 11.0. The highest BCUT2D eigenvalue weighted by molar-refractivity contribution is 7.43. The van der Waals surface area contributed by atoms with Gasteiger partial charge in [0, 0.05) is 0 Å². The molecule has 1 saturated carbocycles. The minimum Gasteiger partial charge on any atom is -0.790 e. The molecule has 1 fully saturated rings. The molecule has 4 unspecified atom stereocenters. The molecule has 4 atom stereocenters. The Bertz CT molecular complexity index is 536. The maximum Gasteiger partial charge on any atom is 0.121 e. The van der Waals surface area contributed by atoms with Crippen molar-refractivity contribution < 1.29 is 71.9 Å². The second-order valence-corrected chi connectivity index (χ2v) is 7.84. The lowest BCUT2D eigenvalue weighted by molar-refractivity contribution is -0.373. The van der Waals surface area contributed by atoms with E-state index in [1.54, 1.807) is 0 Å². The molecule has 24 heavy (non-hydrogen) atoms. The number of hydrogen-bond acceptors (Lipinski definition) is 15. The molecule has 144 valence electrons. The van der Waals surface area contributed by atoms with Crippen molar-refractivity contribution in [3.63, 3.8) is 0 Å². The van der Waals surface area contributed by atoms with Crippen LogP contribution in [-0.2, 0) is 27.3 Å². The predicted octanol–water partition coefficient (Wildman–Crippen LogP) is -7.28. The van der Waals surface area contributed by atoms with E-state index in [0.29, 0.717) is 0 Å². The van der Waals surface area contributed by atoms with Crippen molar-refractivity contribution in [2.45, 2.75) is 36.6 Å². The van der Waals surface area contributed by atoms with Crippen LogP contribution in [0.2, 0.25) is 0 Å². The van der Waals surface area contributed by atoms with Crippen molar-refractivity contribution in [3.8, 4) is 0 Å². The molecular formula is C6H9O15P3-6. The quantitative estimate of drug-likeness (QED) is 0.340. The van der Waals surface area contributed by atoms with E-state index in [1.165, 1.54) is 0 Å². The fraction of sp³-hybridized carbons (Fsp3) is 1.00. The van der Waals surface area contributed by atoms with Crippen LogP contribution in [-0.4, -0.2) is 51.9 Å². The minimum atomic E-state index is -6.06. The Morgan fingerprint density at radius 1 is 0.542 bits per heavy atom. The zero-order chi connectivity index (χ0) is 19.1. The van der Waals surface area contributed by atoms with Crippen LogP contribution in [0.5, 0.6) is 0 Å². The van der Waals surface area contributed by atoms with Gasteiger partial charge in [-0.15, -0.1) is 0 Å². The molecule has 0 bridgehead atoms. The molecule has 0 aromatic rings. The third kappa shape index (κ3) is 6.50. The second-order valence-electron chi connectivity index (χ2n) is 4.52. The van der Waals surface area contributed by atoms with Gasteiger partial charge in [-0.3, -0.25) is 0 Å². The maximum atomic E-state index is 10.7. The van der Waals surface area contributed by atoms with Crippen LogP contribution in [0.25, 0.3) is 0 Å². The fourth-order valence-corrected chi connectivity index (χ4v) is 3.60. The lowest BCUT2D eigenvalue weighted by Gasteiger charge is -2.51. The molecule has 1 aliphatic rings. The molecule has 0 heterocycles. The lowest BCUT2D eigenvalue weighted by Crippen LogP contribution is -2.66. The molecule has 0 aliphatic heterocycles. The van der Waals surface area contributed by atoms with Gasteiger partial charge in [0.25, 0.3) is 0 Å². The Morgan fingerprint density at radius 3 is 1.04 bits per heavy atom. The molecule has 0 spiro atoms. The van der Waals surface area contributed by atoms with Crippen molar-refractivity contribution in [1.29, 1.82) is 0 Å². The van der Waals surface area contributed by atoms with Crippen molar-refractivity contribution >= 4 is 23.5 Å². The van der Waals surface area contributed by atoms with Crippen LogP contribution >= 0.6 is 23.5 Å². The summed E-state index contributed by atoms with van der Waals surface area (Å²) in [6.45, 7) is 0. The molecule has 0 aromatic heterocycles. The first-order chi connectivity index (χ1) is 10.5. The highest BCUT2D eigenvalue weighted by Crippen LogP contribution is 2.44. The Morgan fingerprint density at radius 2 is 0.792 bits per heavy atom. The van der Waals surface area contributed by atoms with Crippen molar-refractivity contribution in [2.75, 3.05) is 0 Å². The number of aliphatic hydroxyl groups is 3. The first-order valence-corrected chi connectivity index (χ1v) is 10.1. The highest BCUT2D eigenvalue weighted by Gasteiger charge is 2.52. The maximum absolute atomic E-state index is 10.7. The van der Waals surface area contributed by atoms with Gasteiger partial charge >= 0.3 is 0 Å². The second kappa shape index (κ2) is 7.45. The summed E-state index contributed by atoms with van der Waals surface area (Å²) in [6, 6.07) is 0. The van der Waals surface area contributed by atoms with Crippen LogP contribution in [0, 0.1) is 0 Å². The Balaban J connectivity index is 3.32. The Kier molecular flexibility index (Phi) is 6.90. The molecule has 0 amide bonds. The van der Waals surface area contributed by atoms with Crippen LogP contribution in [0.3, 0.4) is 0 Å². The first-order valence-electron chi connectivity index (χ1n) is 5.67. The zero-order valence-corrected chi connectivity index (χ0v) is 13.7. The Labute approximate surface area is 133 Å². The summed E-state index contributed by atoms with van der Waals surface area (Å²) in [5.74, 6) is 0. The molecular weight excluding hydrogens is 405 g/mol. The average molecular weight is 414 g/mol. The van der Waals surface area contributed by atoms with E-state index < -0.39 is 60.1 Å². The summed E-state index contributed by atoms with van der Waals surface area (Å²) >= 11 is 0. The van der Waals surface area contributed by atoms with Gasteiger partial charge in [0.15, 0.2) is 0 Å². The number of aliphatic hydroxyl groups excluding tert-OH is 3. The van der Waals surface area contributed by atoms with E-state index in [2.05, 4.69) is 13.6 Å². The third-order valence-corrected chi connectivity index (χ3v) is 4.28. The highest BCUT2D eigenvalue weighted by atomic mass is 31.2. The van der Waals surface area contributed by atoms with Crippen LogP contribution in [0.15, 0.2) is 0 Å². The van der Waals surface area contributed by atoms with E-state index >= 15 is 0 Å². The normalized spacial score (nSPS) is 35.9. The number of rotatable bonds is 6. The van der Waals surface area contributed by atoms with E-state index in [1.807, 2.05) is 0 Å². The van der Waals surface area contributed by atoms with E-state index in [4.69, 9.17) is 0 Å². The molecule has 0 aromatic carbocycles. The standard InChI is InChI=1S/C6H15O15P3/c7-1-2(8)4(19-22(10,11)12)6(21-24(16,17)18)5(3(1)9)20-23(13,14)15/h1-9H,(H2,10,11,12)(H2,13,14,15)(H2,16,17,18)/p-6. The van der Waals surface area contributed by atoms with E-state index in [9.17, 15) is 58.4 Å². The van der Waals surface area contributed by atoms with Gasteiger partial charge in [-0.05, 0) is 0 Å². The van der Waals surface area contributed by atoms with Gasteiger partial charge in [0.1, 0.15) is 36.6 Å². The smallest absolute Gasteiger partial charge is 0.121 e. The predicted molar refractivity (Wildman–Crippen MR) is 55.5 cm³/mol. The summed E-state index contributed by atoms with van der Waals surface area (Å²) in [4.78, 5) is 63.9. The minimum absolute atomic E-state index is 2.46. The van der Waals surface area contributed by atoms with Gasteiger partial charge in [0.05, 0.1) is 23.5 Å². The summed E-state index contributed by atoms with van der Waals surface area (Å²) in [5.41, 5.74) is 0. The lowest BCUT2D eigenvalue weighted by atomic mass is 9.85. The van der Waals surface area contributed by atoms with E-state index in [-0.39, 0.29) is 0 Å². The van der Waals surface area contributed by atoms with Crippen LogP contribution in [0.1, 0.15) is 0 Å². The molecule has 15 nitrogen and oxygen atoms in total. The summed E-state index contributed by atoms with van der Waals surface area (Å²) in [6.07, 6.45) is -15.7. The van der Waals surface area contributed by atoms with Crippen molar-refractivity contribution in [3.05, 3.63) is 0 Å². The van der Waals surface area contributed by atoms with Gasteiger partial charge in [0.2, 0.25) is 0 Å². The largest absolute Gasteiger partial charge is 0.790 e. The SMILES string of the molecule is O=P([O-])([O-])OC1C(O)C(O)C(O)C(OP(=O)([O-])[O-])C1OP(=O)([O-])[O-]. The molecule has 0 radical (unpaired) electrons. The van der Waals surface area contributed by atoms with Gasteiger partial charge < -0.3 is 71.9 Å². The molecule has 1 rings (SSSR count). The average Bonchev–Trinajstić information content (AvgIpc) is 2.32. The van der Waals surface area contributed by atoms with Crippen molar-refractivity contribution in [1.82, 2.24) is 0 Å². The monoisotopic (exact) mass is 414 g/mol. The molecule has 0 saturated heterocycles. The molecule has 3 N–H and O–H groups in total. The summed E-state index contributed by atoms with van der Waals surface area (Å²) < 4.78 is 43.2. The van der Waals surface area contributed by atoms with E-state index in [0.717, 1.165) is 0 Å². The van der Waals surface area contributed by atoms with Gasteiger partial charge in [-0.25, -0.2) is 0 Å². The summed E-state index contributed by atoms with van der Waals surface area (Å²) in [7, 11) is -18.1. The third-order valence-electron chi connectivity index (χ3n) is 2.77. The topological polar surface area (TPSA) is 278 Å². The first kappa shape index (κ1) is 22.3. The Hall–Kier alpha value is 0.210. The number of phosphoric acid groups is 3. The van der Waals surface area contributed by atoms with Crippen LogP contribution in [0.4, 0.5) is 0 Å². The van der Waals surface area contributed by atoms with Crippen molar-refractivity contribution in [2.24, 2.45) is 0 Å². The molecule has 18 heteroatoms. The molecule has 1 aliphatic carbocycles. The summed E-state index contributed by atoms with van der Waals surface area (Å²) in [5, 5.41) is 28.6. The van der Waals surface area contributed by atoms with Gasteiger partial charge in [-0.1, -0.05) is 0 Å². The fourth-order valence-electron chi connectivity index (χ4n) is 1.98. The van der Waals surface area contributed by atoms with Gasteiger partial charge in [-0.2, -0.15) is 0 Å². The van der Waals surface area contributed by atoms with Crippen LogP contribution < -0.4 is 29.4 Å².